The topological polar surface area (TPSA) is 9.23 Å². The van der Waals surface area contributed by atoms with Crippen molar-refractivity contribution in [2.24, 2.45) is 0 Å². The van der Waals surface area contributed by atoms with E-state index in [0.717, 1.165) is 17.7 Å². The van der Waals surface area contributed by atoms with Crippen LogP contribution in [0.3, 0.4) is 0 Å². The summed E-state index contributed by atoms with van der Waals surface area (Å²) in [6.45, 7) is 1.81. The van der Waals surface area contributed by atoms with Gasteiger partial charge in [0.15, 0.2) is 17.5 Å². The summed E-state index contributed by atoms with van der Waals surface area (Å²) in [4.78, 5) is 0. The second kappa shape index (κ2) is 5.75. The zero-order valence-corrected chi connectivity index (χ0v) is 11.6. The zero-order chi connectivity index (χ0) is 14.9. The van der Waals surface area contributed by atoms with Crippen LogP contribution >= 0.6 is 11.6 Å². The Labute approximate surface area is 119 Å². The number of benzene rings is 2. The fourth-order valence-corrected chi connectivity index (χ4v) is 2.33. The van der Waals surface area contributed by atoms with Crippen LogP contribution in [-0.2, 0) is 0 Å². The Hall–Kier alpha value is -1.68. The minimum atomic E-state index is -1.50. The number of hydrogen-bond acceptors (Lipinski definition) is 1. The second-order valence-electron chi connectivity index (χ2n) is 4.38. The van der Waals surface area contributed by atoms with Gasteiger partial charge in [0.2, 0.25) is 0 Å². The normalized spacial score (nSPS) is 12.3. The molecule has 0 aliphatic carbocycles. The summed E-state index contributed by atoms with van der Waals surface area (Å²) in [6, 6.07) is 6.99. The van der Waals surface area contributed by atoms with Gasteiger partial charge in [-0.15, -0.1) is 11.6 Å². The largest absolute Gasteiger partial charge is 0.497 e. The molecule has 0 amide bonds. The van der Waals surface area contributed by atoms with E-state index in [1.165, 1.54) is 7.11 Å². The number of halogens is 4. The average Bonchev–Trinajstić information content (AvgIpc) is 2.43. The third-order valence-corrected chi connectivity index (χ3v) is 3.54. The zero-order valence-electron chi connectivity index (χ0n) is 10.9. The van der Waals surface area contributed by atoms with Crippen LogP contribution in [0, 0.1) is 24.4 Å². The maximum absolute atomic E-state index is 13.2. The summed E-state index contributed by atoms with van der Waals surface area (Å²) in [5.41, 5.74) is 1.66. The Morgan fingerprint density at radius 2 is 1.65 bits per heavy atom. The molecule has 1 unspecified atom stereocenters. The van der Waals surface area contributed by atoms with E-state index in [9.17, 15) is 13.2 Å². The first-order valence-electron chi connectivity index (χ1n) is 5.87. The van der Waals surface area contributed by atoms with Gasteiger partial charge in [-0.25, -0.2) is 13.2 Å². The predicted octanol–water partition coefficient (Wildman–Crippen LogP) is 4.75. The van der Waals surface area contributed by atoms with Crippen LogP contribution < -0.4 is 4.74 Å². The van der Waals surface area contributed by atoms with Gasteiger partial charge in [-0.2, -0.15) is 0 Å². The second-order valence-corrected chi connectivity index (χ2v) is 4.82. The first-order valence-corrected chi connectivity index (χ1v) is 6.30. The average molecular weight is 301 g/mol. The maximum atomic E-state index is 13.2. The minimum Gasteiger partial charge on any atom is -0.497 e. The quantitative estimate of drug-likeness (QED) is 0.587. The number of hydrogen-bond donors (Lipinski definition) is 0. The van der Waals surface area contributed by atoms with Gasteiger partial charge in [0, 0.05) is 0 Å². The third kappa shape index (κ3) is 2.75. The molecule has 0 saturated heterocycles. The highest BCUT2D eigenvalue weighted by atomic mass is 35.5. The van der Waals surface area contributed by atoms with Gasteiger partial charge in [-0.3, -0.25) is 0 Å². The summed E-state index contributed by atoms with van der Waals surface area (Å²) < 4.78 is 44.5. The Kier molecular flexibility index (Phi) is 4.23. The first kappa shape index (κ1) is 14.7. The van der Waals surface area contributed by atoms with Crippen molar-refractivity contribution in [1.82, 2.24) is 0 Å². The molecule has 0 radical (unpaired) electrons. The number of methoxy groups -OCH3 is 1. The van der Waals surface area contributed by atoms with Crippen LogP contribution in [0.5, 0.6) is 5.75 Å². The van der Waals surface area contributed by atoms with Gasteiger partial charge in [0.25, 0.3) is 0 Å². The molecule has 0 spiro atoms. The highest BCUT2D eigenvalue weighted by Crippen LogP contribution is 2.33. The van der Waals surface area contributed by atoms with Gasteiger partial charge in [-0.1, -0.05) is 6.07 Å². The van der Waals surface area contributed by atoms with E-state index in [4.69, 9.17) is 16.3 Å². The highest BCUT2D eigenvalue weighted by Gasteiger charge is 2.18. The lowest BCUT2D eigenvalue weighted by molar-refractivity contribution is 0.414. The third-order valence-electron chi connectivity index (χ3n) is 3.05. The lowest BCUT2D eigenvalue weighted by atomic mass is 9.99. The van der Waals surface area contributed by atoms with Crippen LogP contribution in [0.2, 0.25) is 0 Å². The van der Waals surface area contributed by atoms with Crippen molar-refractivity contribution in [3.8, 4) is 5.75 Å². The first-order chi connectivity index (χ1) is 9.43. The van der Waals surface area contributed by atoms with Crippen LogP contribution in [0.1, 0.15) is 22.1 Å². The number of ether oxygens (including phenoxy) is 1. The monoisotopic (exact) mass is 300 g/mol. The lowest BCUT2D eigenvalue weighted by Crippen LogP contribution is -2.01. The Bertz CT molecular complexity index is 620. The molecule has 0 aliphatic rings. The summed E-state index contributed by atoms with van der Waals surface area (Å²) in [5.74, 6) is -3.34. The van der Waals surface area contributed by atoms with Crippen LogP contribution in [-0.4, -0.2) is 7.11 Å². The van der Waals surface area contributed by atoms with E-state index < -0.39 is 22.8 Å². The van der Waals surface area contributed by atoms with Gasteiger partial charge >= 0.3 is 0 Å². The van der Waals surface area contributed by atoms with Gasteiger partial charge < -0.3 is 4.74 Å². The fraction of sp³-hybridized carbons (Fsp3) is 0.200. The van der Waals surface area contributed by atoms with E-state index in [1.807, 2.05) is 6.92 Å². The standard InChI is InChI=1S/C15H12ClF3O/c1-8-5-10(20-2)3-4-11(8)14(16)9-6-12(17)15(19)13(18)7-9/h3-7,14H,1-2H3. The molecule has 5 heteroatoms. The summed E-state index contributed by atoms with van der Waals surface area (Å²) in [6.07, 6.45) is 0. The number of aryl methyl sites for hydroxylation is 1. The molecule has 2 aromatic rings. The van der Waals surface area contributed by atoms with Crippen molar-refractivity contribution in [3.05, 3.63) is 64.5 Å². The molecule has 1 atom stereocenters. The van der Waals surface area contributed by atoms with Crippen LogP contribution in [0.4, 0.5) is 13.2 Å². The van der Waals surface area contributed by atoms with Gasteiger partial charge in [0.1, 0.15) is 5.75 Å². The Morgan fingerprint density at radius 3 is 2.15 bits per heavy atom. The molecule has 2 rings (SSSR count). The van der Waals surface area contributed by atoms with E-state index >= 15 is 0 Å². The predicted molar refractivity (Wildman–Crippen MR) is 71.7 cm³/mol. The van der Waals surface area contributed by atoms with E-state index in [2.05, 4.69) is 0 Å². The van der Waals surface area contributed by atoms with Gasteiger partial charge in [-0.05, 0) is 47.9 Å². The number of alkyl halides is 1. The molecule has 20 heavy (non-hydrogen) atoms. The van der Waals surface area contributed by atoms with Crippen molar-refractivity contribution in [2.45, 2.75) is 12.3 Å². The lowest BCUT2D eigenvalue weighted by Gasteiger charge is -2.15. The van der Waals surface area contributed by atoms with E-state index in [1.54, 1.807) is 18.2 Å². The number of rotatable bonds is 3. The molecule has 1 nitrogen and oxygen atoms in total. The smallest absolute Gasteiger partial charge is 0.194 e. The minimum absolute atomic E-state index is 0.163. The molecule has 106 valence electrons. The maximum Gasteiger partial charge on any atom is 0.194 e. The Morgan fingerprint density at radius 1 is 1.05 bits per heavy atom. The molecular weight excluding hydrogens is 289 g/mol. The van der Waals surface area contributed by atoms with Crippen molar-refractivity contribution < 1.29 is 17.9 Å². The van der Waals surface area contributed by atoms with Crippen molar-refractivity contribution in [3.63, 3.8) is 0 Å². The molecule has 0 aliphatic heterocycles. The Balaban J connectivity index is 2.43. The van der Waals surface area contributed by atoms with Gasteiger partial charge in [0.05, 0.1) is 12.5 Å². The van der Waals surface area contributed by atoms with Crippen LogP contribution in [0.15, 0.2) is 30.3 Å². The van der Waals surface area contributed by atoms with Crippen LogP contribution in [0.25, 0.3) is 0 Å². The van der Waals surface area contributed by atoms with Crippen molar-refractivity contribution in [1.29, 1.82) is 0 Å². The fourth-order valence-electron chi connectivity index (χ4n) is 1.96. The van der Waals surface area contributed by atoms with Crippen molar-refractivity contribution >= 4 is 11.6 Å². The molecule has 0 bridgehead atoms. The molecule has 0 heterocycles. The van der Waals surface area contributed by atoms with E-state index in [0.29, 0.717) is 11.3 Å². The molecule has 0 saturated carbocycles. The highest BCUT2D eigenvalue weighted by molar-refractivity contribution is 6.22. The summed E-state index contributed by atoms with van der Waals surface area (Å²) in [7, 11) is 1.54. The summed E-state index contributed by atoms with van der Waals surface area (Å²) in [5, 5.41) is -0.773. The molecule has 0 aromatic heterocycles. The summed E-state index contributed by atoms with van der Waals surface area (Å²) >= 11 is 6.23. The van der Waals surface area contributed by atoms with E-state index in [-0.39, 0.29) is 5.56 Å². The molecule has 2 aromatic carbocycles. The molecular formula is C15H12ClF3O. The molecule has 0 fully saturated rings. The molecule has 0 N–H and O–H groups in total. The SMILES string of the molecule is COc1ccc(C(Cl)c2cc(F)c(F)c(F)c2)c(C)c1. The van der Waals surface area contributed by atoms with Crippen molar-refractivity contribution in [2.75, 3.05) is 7.11 Å².